The average Bonchev–Trinajstić information content (AvgIpc) is 2.73. The molecule has 0 aliphatic rings. The second kappa shape index (κ2) is 6.77. The van der Waals surface area contributed by atoms with Gasteiger partial charge in [-0.15, -0.1) is 0 Å². The van der Waals surface area contributed by atoms with Crippen molar-refractivity contribution in [2.24, 2.45) is 0 Å². The van der Waals surface area contributed by atoms with Gasteiger partial charge in [-0.2, -0.15) is 0 Å². The summed E-state index contributed by atoms with van der Waals surface area (Å²) >= 11 is 0. The van der Waals surface area contributed by atoms with Gasteiger partial charge in [0.15, 0.2) is 0 Å². The fourth-order valence-corrected chi connectivity index (χ4v) is 3.87. The molecule has 0 radical (unpaired) electrons. The van der Waals surface area contributed by atoms with Crippen molar-refractivity contribution < 1.29 is 4.39 Å². The molecule has 0 spiro atoms. The van der Waals surface area contributed by atoms with Crippen LogP contribution in [0.3, 0.4) is 0 Å². The quantitative estimate of drug-likeness (QED) is 0.482. The van der Waals surface area contributed by atoms with Crippen LogP contribution in [0.1, 0.15) is 5.56 Å². The summed E-state index contributed by atoms with van der Waals surface area (Å²) in [6.07, 6.45) is 3.18. The van der Waals surface area contributed by atoms with E-state index in [1.165, 1.54) is 12.3 Å². The van der Waals surface area contributed by atoms with Gasteiger partial charge in [0, 0.05) is 22.5 Å². The van der Waals surface area contributed by atoms with Crippen molar-refractivity contribution in [2.75, 3.05) is 0 Å². The van der Waals surface area contributed by atoms with E-state index >= 15 is 0 Å². The molecule has 5 rings (SSSR count). The number of benzene rings is 3. The second-order valence-electron chi connectivity index (χ2n) is 7.14. The van der Waals surface area contributed by atoms with E-state index in [4.69, 9.17) is 0 Å². The Kier molecular flexibility index (Phi) is 4.06. The molecule has 5 nitrogen and oxygen atoms in total. The highest BCUT2D eigenvalue weighted by molar-refractivity contribution is 5.90. The maximum absolute atomic E-state index is 14.4. The molecule has 1 N–H and O–H groups in total. The summed E-state index contributed by atoms with van der Waals surface area (Å²) in [4.78, 5) is 33.0. The molecule has 5 aromatic rings. The smallest absolute Gasteiger partial charge is 0.306 e. The number of aromatic nitrogens is 3. The van der Waals surface area contributed by atoms with Crippen molar-refractivity contribution in [1.29, 1.82) is 0 Å². The Bertz CT molecular complexity index is 1540. The monoisotopic (exact) mass is 397 g/mol. The third kappa shape index (κ3) is 2.73. The van der Waals surface area contributed by atoms with Crippen LogP contribution in [0, 0.1) is 12.7 Å². The largest absolute Gasteiger partial charge is 0.333 e. The van der Waals surface area contributed by atoms with Crippen LogP contribution in [-0.2, 0) is 0 Å². The van der Waals surface area contributed by atoms with Gasteiger partial charge in [0.25, 0.3) is 5.56 Å². The van der Waals surface area contributed by atoms with E-state index in [0.717, 1.165) is 20.9 Å². The van der Waals surface area contributed by atoms with Crippen LogP contribution in [-0.4, -0.2) is 14.5 Å². The van der Waals surface area contributed by atoms with Gasteiger partial charge in [0.2, 0.25) is 0 Å². The van der Waals surface area contributed by atoms with E-state index in [0.29, 0.717) is 27.7 Å². The number of aryl methyl sites for hydroxylation is 1. The zero-order valence-electron chi connectivity index (χ0n) is 16.0. The van der Waals surface area contributed by atoms with Gasteiger partial charge in [-0.3, -0.25) is 9.78 Å². The molecule has 0 bridgehead atoms. The fourth-order valence-electron chi connectivity index (χ4n) is 3.87. The topological polar surface area (TPSA) is 67.8 Å². The van der Waals surface area contributed by atoms with E-state index in [-0.39, 0.29) is 5.82 Å². The SMILES string of the molecule is Cc1cccc(F)c1-c1ccc2c(=O)n(-c3cncc4ccccc34)c(=O)[nH]c2c1. The van der Waals surface area contributed by atoms with E-state index < -0.39 is 11.2 Å². The number of H-pyrrole nitrogens is 1. The minimum absolute atomic E-state index is 0.334. The molecule has 0 saturated heterocycles. The van der Waals surface area contributed by atoms with Crippen molar-refractivity contribution in [3.05, 3.63) is 105 Å². The van der Waals surface area contributed by atoms with Crippen LogP contribution in [0.5, 0.6) is 0 Å². The summed E-state index contributed by atoms with van der Waals surface area (Å²) in [5, 5.41) is 1.91. The van der Waals surface area contributed by atoms with Crippen molar-refractivity contribution in [3.63, 3.8) is 0 Å². The number of halogens is 1. The highest BCUT2D eigenvalue weighted by Crippen LogP contribution is 2.28. The van der Waals surface area contributed by atoms with Gasteiger partial charge < -0.3 is 4.98 Å². The van der Waals surface area contributed by atoms with Gasteiger partial charge in [0.05, 0.1) is 22.8 Å². The van der Waals surface area contributed by atoms with Crippen LogP contribution in [0.15, 0.2) is 82.6 Å². The summed E-state index contributed by atoms with van der Waals surface area (Å²) in [5.41, 5.74) is 1.55. The Morgan fingerprint density at radius 2 is 1.77 bits per heavy atom. The van der Waals surface area contributed by atoms with Crippen LogP contribution >= 0.6 is 0 Å². The van der Waals surface area contributed by atoms with Crippen LogP contribution in [0.25, 0.3) is 38.5 Å². The number of rotatable bonds is 2. The lowest BCUT2D eigenvalue weighted by molar-refractivity contribution is 0.630. The average molecular weight is 397 g/mol. The first-order valence-electron chi connectivity index (χ1n) is 9.42. The molecule has 0 aliphatic heterocycles. The zero-order chi connectivity index (χ0) is 20.8. The number of aromatic amines is 1. The first kappa shape index (κ1) is 18.0. The molecular formula is C24H16FN3O2. The van der Waals surface area contributed by atoms with E-state index in [2.05, 4.69) is 9.97 Å². The van der Waals surface area contributed by atoms with Crippen LogP contribution < -0.4 is 11.2 Å². The molecule has 0 amide bonds. The molecular weight excluding hydrogens is 381 g/mol. The van der Waals surface area contributed by atoms with Gasteiger partial charge in [-0.1, -0.05) is 42.5 Å². The number of hydrogen-bond donors (Lipinski definition) is 1. The Morgan fingerprint density at radius 3 is 2.60 bits per heavy atom. The molecule has 2 heterocycles. The Labute approximate surface area is 170 Å². The summed E-state index contributed by atoms with van der Waals surface area (Å²) in [7, 11) is 0. The normalized spacial score (nSPS) is 11.3. The fraction of sp³-hybridized carbons (Fsp3) is 0.0417. The molecule has 0 aliphatic carbocycles. The lowest BCUT2D eigenvalue weighted by atomic mass is 9.99. The molecule has 0 fully saturated rings. The number of fused-ring (bicyclic) bond motifs is 2. The molecule has 2 aromatic heterocycles. The molecule has 146 valence electrons. The number of hydrogen-bond acceptors (Lipinski definition) is 3. The van der Waals surface area contributed by atoms with Crippen molar-refractivity contribution in [1.82, 2.24) is 14.5 Å². The Hall–Kier alpha value is -4.06. The maximum Gasteiger partial charge on any atom is 0.333 e. The van der Waals surface area contributed by atoms with E-state index in [1.807, 2.05) is 37.3 Å². The van der Waals surface area contributed by atoms with Gasteiger partial charge in [-0.05, 0) is 36.2 Å². The maximum atomic E-state index is 14.4. The standard InChI is InChI=1S/C24H16FN3O2/c1-14-5-4-8-19(25)22(14)15-9-10-18-20(11-15)27-24(30)28(23(18)29)21-13-26-12-16-6-2-3-7-17(16)21/h2-13H,1H3,(H,27,30). The first-order chi connectivity index (χ1) is 14.5. The zero-order valence-corrected chi connectivity index (χ0v) is 16.0. The van der Waals surface area contributed by atoms with Crippen molar-refractivity contribution in [2.45, 2.75) is 6.92 Å². The highest BCUT2D eigenvalue weighted by Gasteiger charge is 2.14. The predicted octanol–water partition coefficient (Wildman–Crippen LogP) is 4.34. The first-order valence-corrected chi connectivity index (χ1v) is 9.42. The number of nitrogens with zero attached hydrogens (tertiary/aromatic N) is 2. The minimum atomic E-state index is -0.576. The van der Waals surface area contributed by atoms with Crippen molar-refractivity contribution >= 4 is 21.7 Å². The molecule has 6 heteroatoms. The Balaban J connectivity index is 1.78. The molecule has 0 atom stereocenters. The van der Waals surface area contributed by atoms with E-state index in [9.17, 15) is 14.0 Å². The molecule has 3 aromatic carbocycles. The summed E-state index contributed by atoms with van der Waals surface area (Å²) in [5.74, 6) is -0.355. The van der Waals surface area contributed by atoms with Crippen LogP contribution in [0.2, 0.25) is 0 Å². The third-order valence-electron chi connectivity index (χ3n) is 5.30. The van der Waals surface area contributed by atoms with Crippen molar-refractivity contribution in [3.8, 4) is 16.8 Å². The number of pyridine rings is 1. The Morgan fingerprint density at radius 1 is 0.933 bits per heavy atom. The summed E-state index contributed by atoms with van der Waals surface area (Å²) < 4.78 is 15.5. The lowest BCUT2D eigenvalue weighted by Gasteiger charge is -2.11. The summed E-state index contributed by atoms with van der Waals surface area (Å²) in [6, 6.07) is 17.2. The molecule has 30 heavy (non-hydrogen) atoms. The second-order valence-corrected chi connectivity index (χ2v) is 7.14. The van der Waals surface area contributed by atoms with Crippen LogP contribution in [0.4, 0.5) is 4.39 Å². The van der Waals surface area contributed by atoms with Gasteiger partial charge in [0.1, 0.15) is 5.82 Å². The van der Waals surface area contributed by atoms with E-state index in [1.54, 1.807) is 30.5 Å². The summed E-state index contributed by atoms with van der Waals surface area (Å²) in [6.45, 7) is 1.82. The number of nitrogens with one attached hydrogen (secondary N) is 1. The lowest BCUT2D eigenvalue weighted by Crippen LogP contribution is -2.33. The third-order valence-corrected chi connectivity index (χ3v) is 5.30. The van der Waals surface area contributed by atoms with Gasteiger partial charge in [-0.25, -0.2) is 13.8 Å². The molecule has 0 saturated carbocycles. The predicted molar refractivity (Wildman–Crippen MR) is 116 cm³/mol. The molecule has 0 unspecified atom stereocenters. The highest BCUT2D eigenvalue weighted by atomic mass is 19.1. The minimum Gasteiger partial charge on any atom is -0.306 e. The van der Waals surface area contributed by atoms with Gasteiger partial charge >= 0.3 is 5.69 Å².